The van der Waals surface area contributed by atoms with Crippen molar-refractivity contribution in [1.82, 2.24) is 17.9 Å². The number of nitrogens with zero attached hydrogens (tertiary/aromatic N) is 4. The first-order chi connectivity index (χ1) is 28.8. The lowest BCUT2D eigenvalue weighted by atomic mass is 9.37. The van der Waals surface area contributed by atoms with Gasteiger partial charge in [-0.3, -0.25) is 17.9 Å². The van der Waals surface area contributed by atoms with E-state index in [4.69, 9.17) is 0 Å². The Hall–Kier alpha value is -7.43. The molecule has 0 spiro atoms. The van der Waals surface area contributed by atoms with Gasteiger partial charge in [0.2, 0.25) is 6.71 Å². The summed E-state index contributed by atoms with van der Waals surface area (Å²) in [5, 5.41) is 2.65. The lowest BCUT2D eigenvalue weighted by molar-refractivity contribution is 1.16. The quantitative estimate of drug-likeness (QED) is 0.143. The number of rotatable bonds is 0. The average Bonchev–Trinajstić information content (AvgIpc) is 4.12. The van der Waals surface area contributed by atoms with Crippen LogP contribution in [0.3, 0.4) is 0 Å². The highest BCUT2D eigenvalue weighted by Gasteiger charge is 2.43. The zero-order valence-electron chi connectivity index (χ0n) is 31.3. The summed E-state index contributed by atoms with van der Waals surface area (Å²) in [6.07, 6.45) is 0. The molecule has 16 rings (SSSR count). The van der Waals surface area contributed by atoms with E-state index in [1.807, 2.05) is 0 Å². The number of para-hydroxylation sites is 5. The van der Waals surface area contributed by atoms with Crippen LogP contribution in [-0.2, 0) is 0 Å². The summed E-state index contributed by atoms with van der Waals surface area (Å²) in [6.45, 7) is 0.614. The minimum Gasteiger partial charge on any atom is -0.295 e. The molecule has 0 saturated heterocycles. The van der Waals surface area contributed by atoms with E-state index in [9.17, 15) is 0 Å². The molecular formula is C52H30B2N4. The van der Waals surface area contributed by atoms with Gasteiger partial charge in [0.1, 0.15) is 11.3 Å². The minimum absolute atomic E-state index is 0.295. The topological polar surface area (TPSA) is 18.7 Å². The van der Waals surface area contributed by atoms with Crippen molar-refractivity contribution in [3.05, 3.63) is 182 Å². The van der Waals surface area contributed by atoms with Crippen molar-refractivity contribution in [2.75, 3.05) is 0 Å². The number of aromatic nitrogens is 4. The summed E-state index contributed by atoms with van der Waals surface area (Å²) >= 11 is 0. The largest absolute Gasteiger partial charge is 0.295 e. The fourth-order valence-electron chi connectivity index (χ4n) is 11.8. The van der Waals surface area contributed by atoms with E-state index in [-0.39, 0.29) is 0 Å². The summed E-state index contributed by atoms with van der Waals surface area (Å²) in [4.78, 5) is 0. The van der Waals surface area contributed by atoms with Gasteiger partial charge in [-0.15, -0.1) is 0 Å². The van der Waals surface area contributed by atoms with Crippen LogP contribution in [0, 0.1) is 0 Å². The first-order valence-corrected chi connectivity index (χ1v) is 20.4. The van der Waals surface area contributed by atoms with E-state index in [0.717, 1.165) is 0 Å². The molecule has 0 aliphatic carbocycles. The van der Waals surface area contributed by atoms with E-state index in [1.54, 1.807) is 0 Å². The van der Waals surface area contributed by atoms with Crippen LogP contribution in [-0.4, -0.2) is 31.4 Å². The van der Waals surface area contributed by atoms with Gasteiger partial charge in [0.25, 0.3) is 6.71 Å². The molecule has 6 heteroatoms. The molecular weight excluding hydrogens is 702 g/mol. The Morgan fingerprint density at radius 2 is 0.897 bits per heavy atom. The SMILES string of the molecule is c1ccc2c(c1)B1c3c-2cccc3-n2c3c1cccc3n1c3ccccc3cc21.c1ccc2c(c1)B1c3c-2cccc3-n2c3ccccc3n3c4ccccc4c1c23. The summed E-state index contributed by atoms with van der Waals surface area (Å²) in [5.41, 5.74) is 27.2. The van der Waals surface area contributed by atoms with Crippen molar-refractivity contribution >= 4 is 101 Å². The fraction of sp³-hybridized carbons (Fsp3) is 0. The molecule has 4 aromatic heterocycles. The Morgan fingerprint density at radius 3 is 1.69 bits per heavy atom. The van der Waals surface area contributed by atoms with Crippen molar-refractivity contribution in [1.29, 1.82) is 0 Å². The Balaban J connectivity index is 0.000000112. The lowest BCUT2D eigenvalue weighted by Gasteiger charge is -2.23. The second kappa shape index (κ2) is 10.3. The predicted molar refractivity (Wildman–Crippen MR) is 244 cm³/mol. The molecule has 0 fully saturated rings. The van der Waals surface area contributed by atoms with Gasteiger partial charge in [-0.25, -0.2) is 0 Å². The van der Waals surface area contributed by atoms with Crippen LogP contribution in [0.2, 0.25) is 0 Å². The summed E-state index contributed by atoms with van der Waals surface area (Å²) < 4.78 is 9.88. The highest BCUT2D eigenvalue weighted by molar-refractivity contribution is 7.02. The van der Waals surface area contributed by atoms with E-state index < -0.39 is 0 Å². The highest BCUT2D eigenvalue weighted by Crippen LogP contribution is 2.38. The van der Waals surface area contributed by atoms with Gasteiger partial charge in [-0.2, -0.15) is 0 Å². The Labute approximate surface area is 333 Å². The van der Waals surface area contributed by atoms with Gasteiger partial charge in [-0.1, -0.05) is 144 Å². The van der Waals surface area contributed by atoms with Crippen molar-refractivity contribution < 1.29 is 0 Å². The molecule has 12 aromatic rings. The average molecular weight is 732 g/mol. The fourth-order valence-corrected chi connectivity index (χ4v) is 11.8. The van der Waals surface area contributed by atoms with E-state index >= 15 is 0 Å². The van der Waals surface area contributed by atoms with Gasteiger partial charge in [0, 0.05) is 16.8 Å². The van der Waals surface area contributed by atoms with Crippen LogP contribution >= 0.6 is 0 Å². The third-order valence-electron chi connectivity index (χ3n) is 13.8. The van der Waals surface area contributed by atoms with Gasteiger partial charge in [-0.05, 0) is 98.0 Å². The first-order valence-electron chi connectivity index (χ1n) is 20.4. The molecule has 0 unspecified atom stereocenters. The molecule has 264 valence electrons. The third kappa shape index (κ3) is 3.33. The van der Waals surface area contributed by atoms with Crippen LogP contribution in [0.5, 0.6) is 0 Å². The van der Waals surface area contributed by atoms with E-state index in [2.05, 4.69) is 200 Å². The maximum absolute atomic E-state index is 2.49. The summed E-state index contributed by atoms with van der Waals surface area (Å²) in [6, 6.07) is 67.0. The van der Waals surface area contributed by atoms with Crippen LogP contribution < -0.4 is 32.8 Å². The lowest BCUT2D eigenvalue weighted by Crippen LogP contribution is -2.53. The molecule has 58 heavy (non-hydrogen) atoms. The van der Waals surface area contributed by atoms with Crippen molar-refractivity contribution in [2.24, 2.45) is 0 Å². The monoisotopic (exact) mass is 732 g/mol. The molecule has 0 saturated carbocycles. The standard InChI is InChI=1S/2C26H15BN2/c1-4-12-21-16(7-1)15-24-28(21)23-14-6-11-20-26(23)29(24)22-13-5-9-18-17-8-2-3-10-19(17)27(20)25(18)22;1-3-11-19-16(8-1)17-10-7-15-23-24(17)27(19)25-18-9-2-4-12-20(18)28-21-13-5-6-14-22(21)29(23)26(25)28/h2*1-15H. The highest BCUT2D eigenvalue weighted by atomic mass is 15.2. The van der Waals surface area contributed by atoms with Gasteiger partial charge >= 0.3 is 0 Å². The molecule has 8 heterocycles. The Bertz CT molecular complexity index is 3830. The van der Waals surface area contributed by atoms with Gasteiger partial charge in [0.15, 0.2) is 0 Å². The van der Waals surface area contributed by atoms with Crippen LogP contribution in [0.4, 0.5) is 0 Å². The molecule has 0 radical (unpaired) electrons. The zero-order valence-corrected chi connectivity index (χ0v) is 31.3. The van der Waals surface area contributed by atoms with Crippen LogP contribution in [0.1, 0.15) is 0 Å². The minimum atomic E-state index is 0.295. The second-order valence-corrected chi connectivity index (χ2v) is 16.4. The maximum atomic E-state index is 2.49. The first kappa shape index (κ1) is 29.8. The van der Waals surface area contributed by atoms with Crippen molar-refractivity contribution in [3.8, 4) is 33.6 Å². The number of imidazole rings is 2. The number of fused-ring (bicyclic) bond motifs is 21. The van der Waals surface area contributed by atoms with E-state index in [0.29, 0.717) is 13.4 Å². The molecule has 8 aromatic carbocycles. The Morgan fingerprint density at radius 1 is 0.345 bits per heavy atom. The molecule has 0 amide bonds. The number of hydrogen-bond acceptors (Lipinski definition) is 0. The summed E-state index contributed by atoms with van der Waals surface area (Å²) in [5.74, 6) is 0. The number of benzene rings is 8. The predicted octanol–water partition coefficient (Wildman–Crippen LogP) is 7.69. The second-order valence-electron chi connectivity index (χ2n) is 16.4. The van der Waals surface area contributed by atoms with Crippen LogP contribution in [0.25, 0.3) is 88.8 Å². The van der Waals surface area contributed by atoms with Gasteiger partial charge < -0.3 is 0 Å². The zero-order chi connectivity index (χ0) is 37.4. The third-order valence-corrected chi connectivity index (χ3v) is 13.8. The van der Waals surface area contributed by atoms with E-state index in [1.165, 1.54) is 122 Å². The molecule has 0 atom stereocenters. The van der Waals surface area contributed by atoms with Crippen LogP contribution in [0.15, 0.2) is 182 Å². The number of hydrogen-bond donors (Lipinski definition) is 0. The molecule has 4 nitrogen and oxygen atoms in total. The maximum Gasteiger partial charge on any atom is 0.251 e. The summed E-state index contributed by atoms with van der Waals surface area (Å²) in [7, 11) is 0. The van der Waals surface area contributed by atoms with Crippen molar-refractivity contribution in [2.45, 2.75) is 0 Å². The molecule has 0 bridgehead atoms. The molecule has 4 aliphatic rings. The van der Waals surface area contributed by atoms with Crippen molar-refractivity contribution in [3.63, 3.8) is 0 Å². The smallest absolute Gasteiger partial charge is 0.251 e. The normalized spacial score (nSPS) is 13.4. The Kier molecular flexibility index (Phi) is 5.29. The molecule has 4 aliphatic heterocycles. The van der Waals surface area contributed by atoms with Gasteiger partial charge in [0.05, 0.1) is 33.1 Å². The molecule has 0 N–H and O–H groups in total.